The summed E-state index contributed by atoms with van der Waals surface area (Å²) >= 11 is 0. The molecule has 2 aromatic heterocycles. The molecule has 3 aromatic rings. The third-order valence-electron chi connectivity index (χ3n) is 6.49. The van der Waals surface area contributed by atoms with E-state index in [4.69, 9.17) is 0 Å². The Morgan fingerprint density at radius 2 is 2.07 bits per heavy atom. The van der Waals surface area contributed by atoms with Crippen LogP contribution in [0.3, 0.4) is 0 Å². The number of nitrogens with one attached hydrogen (secondary N) is 1. The van der Waals surface area contributed by atoms with Crippen molar-refractivity contribution in [2.45, 2.75) is 25.7 Å². The van der Waals surface area contributed by atoms with Gasteiger partial charge < -0.3 is 9.88 Å². The zero-order valence-electron chi connectivity index (χ0n) is 15.4. The number of aryl methyl sites for hydroxylation is 1. The lowest BCUT2D eigenvalue weighted by Crippen LogP contribution is -2.33. The summed E-state index contributed by atoms with van der Waals surface area (Å²) in [5, 5.41) is 0. The molecular weight excluding hydrogens is 343 g/mol. The van der Waals surface area contributed by atoms with E-state index in [-0.39, 0.29) is 11.4 Å². The molecule has 1 aliphatic carbocycles. The number of nitrogens with zero attached hydrogens (tertiary/aromatic N) is 3. The number of fused-ring (bicyclic) bond motifs is 2. The fraction of sp³-hybridized carbons (Fsp3) is 0.429. The monoisotopic (exact) mass is 366 g/mol. The van der Waals surface area contributed by atoms with Gasteiger partial charge in [0.15, 0.2) is 0 Å². The van der Waals surface area contributed by atoms with Crippen molar-refractivity contribution >= 4 is 5.78 Å². The van der Waals surface area contributed by atoms with Crippen molar-refractivity contribution in [1.82, 2.24) is 19.3 Å². The van der Waals surface area contributed by atoms with Gasteiger partial charge in [0.05, 0.1) is 0 Å². The maximum atomic E-state index is 13.2. The molecule has 1 saturated heterocycles. The molecule has 1 saturated carbocycles. The number of benzene rings is 1. The van der Waals surface area contributed by atoms with E-state index in [0.717, 1.165) is 43.2 Å². The predicted octanol–water partition coefficient (Wildman–Crippen LogP) is 2.75. The lowest BCUT2D eigenvalue weighted by atomic mass is 9.64. The lowest BCUT2D eigenvalue weighted by molar-refractivity contribution is 0.191. The molecule has 1 N–H and O–H groups in total. The van der Waals surface area contributed by atoms with Gasteiger partial charge >= 0.3 is 0 Å². The summed E-state index contributed by atoms with van der Waals surface area (Å²) in [5.41, 5.74) is 3.04. The first-order valence-electron chi connectivity index (χ1n) is 9.63. The molecule has 3 atom stereocenters. The van der Waals surface area contributed by atoms with Crippen LogP contribution in [0.15, 0.2) is 41.5 Å². The summed E-state index contributed by atoms with van der Waals surface area (Å²) in [5.74, 6) is 2.37. The first kappa shape index (κ1) is 16.7. The van der Waals surface area contributed by atoms with E-state index in [1.54, 1.807) is 28.9 Å². The van der Waals surface area contributed by atoms with Crippen molar-refractivity contribution in [3.05, 3.63) is 69.7 Å². The third-order valence-corrected chi connectivity index (χ3v) is 6.49. The molecular formula is C21H23FN4O. The van der Waals surface area contributed by atoms with Crippen LogP contribution in [0.2, 0.25) is 0 Å². The van der Waals surface area contributed by atoms with Crippen molar-refractivity contribution in [1.29, 1.82) is 0 Å². The molecule has 140 valence electrons. The van der Waals surface area contributed by atoms with Crippen molar-refractivity contribution in [3.63, 3.8) is 0 Å². The van der Waals surface area contributed by atoms with Gasteiger partial charge in [0.2, 0.25) is 5.78 Å². The molecule has 0 spiro atoms. The highest BCUT2D eigenvalue weighted by atomic mass is 19.1. The van der Waals surface area contributed by atoms with Gasteiger partial charge in [0, 0.05) is 43.3 Å². The van der Waals surface area contributed by atoms with Crippen LogP contribution in [0.1, 0.15) is 29.2 Å². The Morgan fingerprint density at radius 1 is 1.26 bits per heavy atom. The largest absolute Gasteiger partial charge is 0.329 e. The highest BCUT2D eigenvalue weighted by Gasteiger charge is 2.47. The van der Waals surface area contributed by atoms with Gasteiger partial charge in [-0.05, 0) is 55.2 Å². The van der Waals surface area contributed by atoms with Crippen molar-refractivity contribution in [3.8, 4) is 0 Å². The number of aromatic nitrogens is 3. The second-order valence-corrected chi connectivity index (χ2v) is 7.98. The SMILES string of the molecule is Cc1[nH]c2nccn2c(=O)c1CCN1CC2CC(c3ccc(F)cc3)C2C1. The van der Waals surface area contributed by atoms with E-state index in [1.807, 2.05) is 19.1 Å². The van der Waals surface area contributed by atoms with Crippen LogP contribution in [0.5, 0.6) is 0 Å². The van der Waals surface area contributed by atoms with Crippen molar-refractivity contribution in [2.75, 3.05) is 19.6 Å². The Morgan fingerprint density at radius 3 is 2.89 bits per heavy atom. The van der Waals surface area contributed by atoms with Gasteiger partial charge in [-0.25, -0.2) is 9.37 Å². The van der Waals surface area contributed by atoms with Crippen molar-refractivity contribution < 1.29 is 4.39 Å². The zero-order valence-corrected chi connectivity index (χ0v) is 15.4. The summed E-state index contributed by atoms with van der Waals surface area (Å²) in [6, 6.07) is 7.00. The van der Waals surface area contributed by atoms with Gasteiger partial charge in [0.25, 0.3) is 5.56 Å². The minimum Gasteiger partial charge on any atom is -0.329 e. The van der Waals surface area contributed by atoms with E-state index in [2.05, 4.69) is 14.9 Å². The van der Waals surface area contributed by atoms with Crippen LogP contribution in [0.25, 0.3) is 5.78 Å². The maximum Gasteiger partial charge on any atom is 0.262 e. The van der Waals surface area contributed by atoms with Crippen LogP contribution < -0.4 is 5.56 Å². The Bertz CT molecular complexity index is 1040. The molecule has 2 fully saturated rings. The van der Waals surface area contributed by atoms with Crippen LogP contribution in [0, 0.1) is 24.6 Å². The first-order chi connectivity index (χ1) is 13.1. The summed E-state index contributed by atoms with van der Waals surface area (Å²) in [7, 11) is 0. The van der Waals surface area contributed by atoms with Gasteiger partial charge in [0.1, 0.15) is 5.82 Å². The number of aromatic amines is 1. The lowest BCUT2D eigenvalue weighted by Gasteiger charge is -2.40. The molecule has 0 amide bonds. The number of imidazole rings is 1. The minimum atomic E-state index is -0.168. The minimum absolute atomic E-state index is 0.0325. The second-order valence-electron chi connectivity index (χ2n) is 7.98. The van der Waals surface area contributed by atoms with E-state index in [1.165, 1.54) is 12.0 Å². The maximum absolute atomic E-state index is 13.2. The molecule has 5 nitrogen and oxygen atoms in total. The van der Waals surface area contributed by atoms with Crippen molar-refractivity contribution in [2.24, 2.45) is 11.8 Å². The highest BCUT2D eigenvalue weighted by molar-refractivity contribution is 5.33. The summed E-state index contributed by atoms with van der Waals surface area (Å²) < 4.78 is 14.7. The fourth-order valence-corrected chi connectivity index (χ4v) is 4.95. The smallest absolute Gasteiger partial charge is 0.262 e. The highest BCUT2D eigenvalue weighted by Crippen LogP contribution is 2.51. The Labute approximate surface area is 156 Å². The molecule has 5 rings (SSSR count). The predicted molar refractivity (Wildman–Crippen MR) is 101 cm³/mol. The Kier molecular flexibility index (Phi) is 3.90. The molecule has 6 heteroatoms. The molecule has 0 radical (unpaired) electrons. The fourth-order valence-electron chi connectivity index (χ4n) is 4.95. The molecule has 3 unspecified atom stereocenters. The van der Waals surface area contributed by atoms with Crippen LogP contribution >= 0.6 is 0 Å². The Balaban J connectivity index is 1.26. The molecule has 3 heterocycles. The zero-order chi connectivity index (χ0) is 18.5. The number of halogens is 1. The van der Waals surface area contributed by atoms with E-state index >= 15 is 0 Å². The summed E-state index contributed by atoms with van der Waals surface area (Å²) in [6.07, 6.45) is 5.29. The molecule has 0 bridgehead atoms. The van der Waals surface area contributed by atoms with E-state index in [0.29, 0.717) is 17.6 Å². The standard InChI is InChI=1S/C21H23FN4O/c1-13-17(20(27)26-9-7-23-21(26)24-13)6-8-25-11-15-10-18(19(15)12-25)14-2-4-16(22)5-3-14/h2-5,7,9,15,18-19H,6,8,10-12H2,1H3,(H,23,24). The molecule has 1 aromatic carbocycles. The topological polar surface area (TPSA) is 53.4 Å². The number of hydrogen-bond acceptors (Lipinski definition) is 3. The number of rotatable bonds is 4. The molecule has 2 aliphatic rings. The van der Waals surface area contributed by atoms with Gasteiger partial charge in [-0.2, -0.15) is 0 Å². The van der Waals surface area contributed by atoms with E-state index < -0.39 is 0 Å². The molecule has 27 heavy (non-hydrogen) atoms. The van der Waals surface area contributed by atoms with Crippen LogP contribution in [-0.2, 0) is 6.42 Å². The van der Waals surface area contributed by atoms with Gasteiger partial charge in [-0.1, -0.05) is 12.1 Å². The number of hydrogen-bond donors (Lipinski definition) is 1. The first-order valence-corrected chi connectivity index (χ1v) is 9.63. The summed E-state index contributed by atoms with van der Waals surface area (Å²) in [4.78, 5) is 22.5. The van der Waals surface area contributed by atoms with Gasteiger partial charge in [-0.15, -0.1) is 0 Å². The quantitative estimate of drug-likeness (QED) is 0.773. The van der Waals surface area contributed by atoms with E-state index in [9.17, 15) is 9.18 Å². The van der Waals surface area contributed by atoms with Crippen LogP contribution in [-0.4, -0.2) is 38.9 Å². The molecule has 1 aliphatic heterocycles. The van der Waals surface area contributed by atoms with Gasteiger partial charge in [-0.3, -0.25) is 9.20 Å². The summed E-state index contributed by atoms with van der Waals surface area (Å²) in [6.45, 7) is 5.01. The Hall–Kier alpha value is -2.47. The number of likely N-dealkylation sites (tertiary alicyclic amines) is 1. The van der Waals surface area contributed by atoms with Crippen LogP contribution in [0.4, 0.5) is 4.39 Å². The average Bonchev–Trinajstić information content (AvgIpc) is 3.22. The normalized spacial score (nSPS) is 24.9. The third kappa shape index (κ3) is 2.79. The second kappa shape index (κ2) is 6.30. The number of H-pyrrole nitrogens is 1. The average molecular weight is 366 g/mol.